The lowest BCUT2D eigenvalue weighted by Crippen LogP contribution is -2.43. The number of urea groups is 1. The summed E-state index contributed by atoms with van der Waals surface area (Å²) in [6.07, 6.45) is 5.87. The molecule has 2 aromatic heterocycles. The predicted octanol–water partition coefficient (Wildman–Crippen LogP) is 2.88. The zero-order valence-electron chi connectivity index (χ0n) is 13.8. The Kier molecular flexibility index (Phi) is 5.52. The molecule has 2 unspecified atom stereocenters. The summed E-state index contributed by atoms with van der Waals surface area (Å²) in [6.45, 7) is 3.34. The number of hydrogen-bond acceptors (Lipinski definition) is 5. The third-order valence-corrected chi connectivity index (χ3v) is 5.26. The molecule has 2 atom stereocenters. The van der Waals surface area contributed by atoms with Crippen molar-refractivity contribution in [3.05, 3.63) is 40.2 Å². The van der Waals surface area contributed by atoms with E-state index in [-0.39, 0.29) is 12.1 Å². The molecular formula is C17H23N3O3S. The maximum Gasteiger partial charge on any atom is 0.317 e. The highest BCUT2D eigenvalue weighted by Crippen LogP contribution is 2.27. The summed E-state index contributed by atoms with van der Waals surface area (Å²) in [5.41, 5.74) is 0. The van der Waals surface area contributed by atoms with Crippen molar-refractivity contribution in [3.63, 3.8) is 0 Å². The number of carbonyl (C=O) groups is 1. The molecule has 0 aliphatic carbocycles. The van der Waals surface area contributed by atoms with Crippen molar-refractivity contribution in [1.29, 1.82) is 0 Å². The van der Waals surface area contributed by atoms with Crippen LogP contribution in [0.5, 0.6) is 0 Å². The smallest absolute Gasteiger partial charge is 0.317 e. The van der Waals surface area contributed by atoms with Crippen molar-refractivity contribution in [1.82, 2.24) is 15.2 Å². The molecule has 3 heterocycles. The zero-order valence-corrected chi connectivity index (χ0v) is 14.6. The number of hydrogen-bond donors (Lipinski definition) is 2. The van der Waals surface area contributed by atoms with Crippen LogP contribution in [0.4, 0.5) is 4.79 Å². The molecule has 1 aliphatic rings. The van der Waals surface area contributed by atoms with E-state index in [1.165, 1.54) is 4.88 Å². The highest BCUT2D eigenvalue weighted by atomic mass is 32.1. The minimum absolute atomic E-state index is 0.0483. The van der Waals surface area contributed by atoms with Crippen LogP contribution in [0.3, 0.4) is 0 Å². The molecular weight excluding hydrogens is 326 g/mol. The number of nitrogens with one attached hydrogen (secondary N) is 1. The van der Waals surface area contributed by atoms with Crippen LogP contribution in [0.1, 0.15) is 41.0 Å². The summed E-state index contributed by atoms with van der Waals surface area (Å²) < 4.78 is 5.24. The highest BCUT2D eigenvalue weighted by Gasteiger charge is 2.31. The van der Waals surface area contributed by atoms with Crippen molar-refractivity contribution >= 4 is 17.4 Å². The van der Waals surface area contributed by atoms with Gasteiger partial charge in [-0.15, -0.1) is 11.3 Å². The zero-order chi connectivity index (χ0) is 16.9. The number of nitrogens with zero attached hydrogens (tertiary/aromatic N) is 2. The minimum Gasteiger partial charge on any atom is -0.467 e. The van der Waals surface area contributed by atoms with Crippen LogP contribution in [0.25, 0.3) is 0 Å². The van der Waals surface area contributed by atoms with E-state index in [9.17, 15) is 9.90 Å². The third kappa shape index (κ3) is 4.15. The summed E-state index contributed by atoms with van der Waals surface area (Å²) in [5, 5.41) is 14.2. The molecule has 24 heavy (non-hydrogen) atoms. The lowest BCUT2D eigenvalue weighted by Gasteiger charge is -2.26. The molecule has 2 aromatic rings. The number of aromatic nitrogens is 1. The number of aryl methyl sites for hydroxylation is 1. The van der Waals surface area contributed by atoms with E-state index in [1.807, 2.05) is 18.0 Å². The molecule has 6 nitrogen and oxygen atoms in total. The van der Waals surface area contributed by atoms with Crippen molar-refractivity contribution in [3.8, 4) is 0 Å². The molecule has 0 radical (unpaired) electrons. The van der Waals surface area contributed by atoms with E-state index in [2.05, 4.69) is 10.3 Å². The molecule has 1 aliphatic heterocycles. The Balaban J connectivity index is 1.48. The lowest BCUT2D eigenvalue weighted by molar-refractivity contribution is 0.108. The van der Waals surface area contributed by atoms with Crippen molar-refractivity contribution < 1.29 is 14.3 Å². The number of aliphatic hydroxyl groups excluding tert-OH is 1. The molecule has 3 rings (SSSR count). The monoisotopic (exact) mass is 349 g/mol. The average Bonchev–Trinajstić information content (AvgIpc) is 3.28. The maximum absolute atomic E-state index is 12.4. The van der Waals surface area contributed by atoms with E-state index in [0.29, 0.717) is 18.7 Å². The first-order valence-corrected chi connectivity index (χ1v) is 9.12. The van der Waals surface area contributed by atoms with Crippen LogP contribution in [0.2, 0.25) is 0 Å². The Morgan fingerprint density at radius 3 is 3.21 bits per heavy atom. The predicted molar refractivity (Wildman–Crippen MR) is 92.0 cm³/mol. The fourth-order valence-corrected chi connectivity index (χ4v) is 3.88. The number of likely N-dealkylation sites (tertiary alicyclic amines) is 1. The van der Waals surface area contributed by atoms with Crippen LogP contribution in [0, 0.1) is 6.92 Å². The van der Waals surface area contributed by atoms with E-state index >= 15 is 0 Å². The number of carbonyl (C=O) groups excluding carboxylic acids is 1. The van der Waals surface area contributed by atoms with Gasteiger partial charge in [0.1, 0.15) is 11.9 Å². The van der Waals surface area contributed by atoms with Gasteiger partial charge in [0.2, 0.25) is 0 Å². The van der Waals surface area contributed by atoms with Gasteiger partial charge in [-0.3, -0.25) is 0 Å². The van der Waals surface area contributed by atoms with Gasteiger partial charge >= 0.3 is 6.03 Å². The Labute approximate surface area is 145 Å². The third-order valence-electron chi connectivity index (χ3n) is 4.29. The number of rotatable bonds is 6. The second kappa shape index (κ2) is 7.81. The quantitative estimate of drug-likeness (QED) is 0.840. The highest BCUT2D eigenvalue weighted by molar-refractivity contribution is 7.11. The molecule has 7 heteroatoms. The molecule has 0 bridgehead atoms. The lowest BCUT2D eigenvalue weighted by atomic mass is 10.1. The van der Waals surface area contributed by atoms with Crippen molar-refractivity contribution in [2.75, 3.05) is 13.1 Å². The number of thiazole rings is 1. The molecule has 0 saturated carbocycles. The van der Waals surface area contributed by atoms with E-state index in [0.717, 1.165) is 30.8 Å². The summed E-state index contributed by atoms with van der Waals surface area (Å²) in [7, 11) is 0. The topological polar surface area (TPSA) is 78.6 Å². The Hall–Kier alpha value is -1.86. The normalized spacial score (nSPS) is 18.8. The maximum atomic E-state index is 12.4. The van der Waals surface area contributed by atoms with Gasteiger partial charge < -0.3 is 19.7 Å². The molecule has 1 fully saturated rings. The molecule has 2 N–H and O–H groups in total. The standard InChI is InChI=1S/C17H23N3O3S/c1-12-11-19-16(24-12)6-7-18-17(22)20-8-2-4-13(20)10-14(21)15-5-3-9-23-15/h3,5,9,11,13-14,21H,2,4,6-8,10H2,1H3,(H,18,22). The first-order valence-electron chi connectivity index (χ1n) is 8.30. The van der Waals surface area contributed by atoms with Crippen molar-refractivity contribution in [2.45, 2.75) is 44.8 Å². The number of aliphatic hydroxyl groups is 1. The first-order chi connectivity index (χ1) is 11.6. The molecule has 0 spiro atoms. The summed E-state index contributed by atoms with van der Waals surface area (Å²) in [6, 6.07) is 3.52. The fourth-order valence-electron chi connectivity index (χ4n) is 3.10. The van der Waals surface area contributed by atoms with Crippen LogP contribution >= 0.6 is 11.3 Å². The van der Waals surface area contributed by atoms with Gasteiger partial charge in [-0.25, -0.2) is 9.78 Å². The molecule has 1 saturated heterocycles. The summed E-state index contributed by atoms with van der Waals surface area (Å²) in [4.78, 5) is 19.7. The van der Waals surface area contributed by atoms with Gasteiger partial charge in [-0.1, -0.05) is 0 Å². The minimum atomic E-state index is -0.670. The van der Waals surface area contributed by atoms with Gasteiger partial charge in [-0.2, -0.15) is 0 Å². The first kappa shape index (κ1) is 17.0. The molecule has 130 valence electrons. The summed E-state index contributed by atoms with van der Waals surface area (Å²) in [5.74, 6) is 0.557. The van der Waals surface area contributed by atoms with Crippen molar-refractivity contribution in [2.24, 2.45) is 0 Å². The molecule has 0 aromatic carbocycles. The Bertz CT molecular complexity index is 656. The van der Waals surface area contributed by atoms with E-state index < -0.39 is 6.10 Å². The fraction of sp³-hybridized carbons (Fsp3) is 0.529. The second-order valence-electron chi connectivity index (χ2n) is 6.10. The van der Waals surface area contributed by atoms with Gasteiger partial charge in [0.15, 0.2) is 0 Å². The van der Waals surface area contributed by atoms with Crippen LogP contribution in [0.15, 0.2) is 29.0 Å². The number of furan rings is 1. The van der Waals surface area contributed by atoms with Gasteiger partial charge in [0, 0.05) is 43.0 Å². The summed E-state index contributed by atoms with van der Waals surface area (Å²) >= 11 is 1.66. The molecule has 2 amide bonds. The SMILES string of the molecule is Cc1cnc(CCNC(=O)N2CCCC2CC(O)c2ccco2)s1. The number of amides is 2. The van der Waals surface area contributed by atoms with E-state index in [1.54, 1.807) is 29.7 Å². The Morgan fingerprint density at radius 2 is 2.50 bits per heavy atom. The van der Waals surface area contributed by atoms with Gasteiger partial charge in [-0.05, 0) is 31.9 Å². The van der Waals surface area contributed by atoms with Gasteiger partial charge in [0.25, 0.3) is 0 Å². The van der Waals surface area contributed by atoms with E-state index in [4.69, 9.17) is 4.42 Å². The van der Waals surface area contributed by atoms with Gasteiger partial charge in [0.05, 0.1) is 11.3 Å². The Morgan fingerprint density at radius 1 is 1.62 bits per heavy atom. The largest absolute Gasteiger partial charge is 0.467 e. The van der Waals surface area contributed by atoms with Crippen LogP contribution in [-0.4, -0.2) is 40.2 Å². The average molecular weight is 349 g/mol. The van der Waals surface area contributed by atoms with Crippen LogP contribution < -0.4 is 5.32 Å². The second-order valence-corrected chi connectivity index (χ2v) is 7.42. The van der Waals surface area contributed by atoms with Crippen LogP contribution in [-0.2, 0) is 6.42 Å².